The minimum Gasteiger partial charge on any atom is -0.497 e. The molecule has 0 aliphatic carbocycles. The quantitative estimate of drug-likeness (QED) is 0.0620. The minimum atomic E-state index is -0.0613. The van der Waals surface area contributed by atoms with Crippen LogP contribution < -0.4 is 14.4 Å². The third kappa shape index (κ3) is 7.67. The van der Waals surface area contributed by atoms with Crippen molar-refractivity contribution in [1.29, 1.82) is 5.26 Å². The summed E-state index contributed by atoms with van der Waals surface area (Å²) in [6, 6.07) is 22.5. The monoisotopic (exact) mass is 504 g/mol. The molecule has 0 aliphatic heterocycles. The molecule has 0 heterocycles. The van der Waals surface area contributed by atoms with E-state index in [0.717, 1.165) is 11.3 Å². The second-order valence-electron chi connectivity index (χ2n) is 6.75. The summed E-state index contributed by atoms with van der Waals surface area (Å²) in [5.41, 5.74) is 1.77. The summed E-state index contributed by atoms with van der Waals surface area (Å²) < 4.78 is 20.0. The Morgan fingerprint density at radius 3 is 2.19 bits per heavy atom. The van der Waals surface area contributed by atoms with Crippen molar-refractivity contribution in [3.8, 4) is 23.3 Å². The first-order valence-corrected chi connectivity index (χ1v) is 10.9. The van der Waals surface area contributed by atoms with Gasteiger partial charge in [0.05, 0.1) is 19.4 Å². The van der Waals surface area contributed by atoms with Gasteiger partial charge in [-0.2, -0.15) is 5.26 Å². The molecule has 0 fully saturated rings. The molecular weight excluding hydrogens is 484 g/mol. The normalized spacial score (nSPS) is 11.1. The molecule has 182 valence electrons. The second-order valence-corrected chi connectivity index (χ2v) is 7.17. The van der Waals surface area contributed by atoms with Gasteiger partial charge in [-0.3, -0.25) is 0 Å². The van der Waals surface area contributed by atoms with Gasteiger partial charge in [0.2, 0.25) is 0 Å². The zero-order valence-corrected chi connectivity index (χ0v) is 20.1. The zero-order valence-electron chi connectivity index (χ0n) is 19.3. The summed E-state index contributed by atoms with van der Waals surface area (Å²) in [7, 11) is 3.15. The molecule has 0 saturated carbocycles. The predicted molar refractivity (Wildman–Crippen MR) is 133 cm³/mol. The van der Waals surface area contributed by atoms with Gasteiger partial charge in [0.15, 0.2) is 11.5 Å². The smallest absolute Gasteiger partial charge is 0.326 e. The molecule has 0 spiro atoms. The van der Waals surface area contributed by atoms with E-state index < -0.39 is 0 Å². The fraction of sp³-hybridized carbons (Fsp3) is 0.120. The number of ether oxygens (including phenoxy) is 2. The number of rotatable bonds is 12. The van der Waals surface area contributed by atoms with Gasteiger partial charge in [-0.05, 0) is 42.0 Å². The van der Waals surface area contributed by atoms with E-state index in [-0.39, 0.29) is 18.2 Å². The molecule has 3 rings (SSSR count). The van der Waals surface area contributed by atoms with Gasteiger partial charge in [-0.1, -0.05) is 52.5 Å². The van der Waals surface area contributed by atoms with E-state index in [4.69, 9.17) is 34.4 Å². The number of nitriles is 1. The van der Waals surface area contributed by atoms with Crippen molar-refractivity contribution in [3.63, 3.8) is 0 Å². The summed E-state index contributed by atoms with van der Waals surface area (Å²) in [6.07, 6.45) is 0. The Morgan fingerprint density at radius 1 is 0.917 bits per heavy atom. The number of oxime groups is 2. The van der Waals surface area contributed by atoms with Gasteiger partial charge in [-0.25, -0.2) is 4.28 Å². The van der Waals surface area contributed by atoms with Crippen molar-refractivity contribution in [3.05, 3.63) is 101 Å². The maximum Gasteiger partial charge on any atom is 0.326 e. The topological polar surface area (TPSA) is 108 Å². The van der Waals surface area contributed by atoms with Crippen molar-refractivity contribution in [2.24, 2.45) is 10.3 Å². The van der Waals surface area contributed by atoms with Crippen LogP contribution in [0.5, 0.6) is 17.2 Å². The average Bonchev–Trinajstić information content (AvgIpc) is 2.94. The molecule has 0 N–H and O–H groups in total. The Labute approximate surface area is 212 Å². The zero-order chi connectivity index (χ0) is 25.6. The average molecular weight is 505 g/mol. The van der Waals surface area contributed by atoms with Crippen LogP contribution in [0.25, 0.3) is 4.85 Å². The van der Waals surface area contributed by atoms with Crippen LogP contribution in [0.3, 0.4) is 0 Å². The van der Waals surface area contributed by atoms with Crippen molar-refractivity contribution in [1.82, 2.24) is 0 Å². The number of amidine groups is 1. The molecule has 11 heteroatoms. The SMILES string of the molecule is [C-]#[N+]C(=NOSOOc1ccc(OC)cc1)c1cccc(C(C#N)=NOCc2ccc(OC)cc2)c1. The highest BCUT2D eigenvalue weighted by Crippen LogP contribution is 2.19. The Balaban J connectivity index is 1.57. The van der Waals surface area contributed by atoms with E-state index in [1.807, 2.05) is 18.2 Å². The molecule has 0 atom stereocenters. The molecule has 0 aliphatic rings. The number of hydrogen-bond donors (Lipinski definition) is 0. The van der Waals surface area contributed by atoms with Crippen LogP contribution in [0, 0.1) is 17.9 Å². The maximum atomic E-state index is 9.52. The number of nitrogens with zero attached hydrogens (tertiary/aromatic N) is 4. The van der Waals surface area contributed by atoms with Crippen LogP contribution in [-0.2, 0) is 20.1 Å². The minimum absolute atomic E-state index is 0.0428. The van der Waals surface area contributed by atoms with Crippen molar-refractivity contribution in [2.75, 3.05) is 14.2 Å². The summed E-state index contributed by atoms with van der Waals surface area (Å²) in [6.45, 7) is 7.57. The fourth-order valence-electron chi connectivity index (χ4n) is 2.72. The van der Waals surface area contributed by atoms with Gasteiger partial charge in [-0.15, -0.1) is 0 Å². The van der Waals surface area contributed by atoms with Crippen molar-refractivity contribution < 1.29 is 27.8 Å². The molecule has 3 aromatic rings. The molecule has 3 aromatic carbocycles. The van der Waals surface area contributed by atoms with Crippen molar-refractivity contribution in [2.45, 2.75) is 6.61 Å². The first kappa shape index (κ1) is 25.9. The standard InChI is InChI=1S/C25H20N4O6S/c1-27-25(29-34-36-35-33-23-13-11-22(31-3)12-14-23)20-6-4-5-19(15-20)24(16-26)28-32-17-18-7-9-21(30-2)10-8-18/h4-15H,17H2,2-3H3. The molecule has 0 aromatic heterocycles. The van der Waals surface area contributed by atoms with Gasteiger partial charge in [0, 0.05) is 11.1 Å². The molecule has 36 heavy (non-hydrogen) atoms. The lowest BCUT2D eigenvalue weighted by molar-refractivity contribution is -0.0867. The lowest BCUT2D eigenvalue weighted by Gasteiger charge is -2.04. The highest BCUT2D eigenvalue weighted by atomic mass is 32.2. The molecule has 0 radical (unpaired) electrons. The van der Waals surface area contributed by atoms with Gasteiger partial charge in [0.1, 0.15) is 24.2 Å². The Morgan fingerprint density at radius 2 is 1.56 bits per heavy atom. The van der Waals surface area contributed by atoms with E-state index in [1.165, 1.54) is 0 Å². The van der Waals surface area contributed by atoms with Gasteiger partial charge < -0.3 is 24.0 Å². The number of hydrogen-bond acceptors (Lipinski definition) is 10. The fourth-order valence-corrected chi connectivity index (χ4v) is 2.95. The van der Waals surface area contributed by atoms with E-state index in [2.05, 4.69) is 15.2 Å². The summed E-state index contributed by atoms with van der Waals surface area (Å²) in [4.78, 5) is 13.7. The lowest BCUT2D eigenvalue weighted by atomic mass is 10.1. The van der Waals surface area contributed by atoms with E-state index in [0.29, 0.717) is 34.9 Å². The molecule has 0 bridgehead atoms. The number of methoxy groups -OCH3 is 2. The van der Waals surface area contributed by atoms with Gasteiger partial charge in [0.25, 0.3) is 0 Å². The second kappa shape index (κ2) is 13.9. The van der Waals surface area contributed by atoms with Crippen LogP contribution in [-0.4, -0.2) is 25.8 Å². The van der Waals surface area contributed by atoms with Crippen LogP contribution in [0.15, 0.2) is 83.1 Å². The lowest BCUT2D eigenvalue weighted by Crippen LogP contribution is -2.03. The Kier molecular flexibility index (Phi) is 9.98. The highest BCUT2D eigenvalue weighted by molar-refractivity contribution is 7.89. The van der Waals surface area contributed by atoms with E-state index in [1.54, 1.807) is 74.9 Å². The summed E-state index contributed by atoms with van der Waals surface area (Å²) in [5.74, 6) is 1.77. The van der Waals surface area contributed by atoms with Crippen LogP contribution in [0.2, 0.25) is 0 Å². The molecule has 0 saturated heterocycles. The van der Waals surface area contributed by atoms with E-state index >= 15 is 0 Å². The molecule has 0 amide bonds. The molecule has 0 unspecified atom stereocenters. The molecule has 10 nitrogen and oxygen atoms in total. The maximum absolute atomic E-state index is 9.52. The van der Waals surface area contributed by atoms with Crippen LogP contribution in [0.4, 0.5) is 0 Å². The highest BCUT2D eigenvalue weighted by Gasteiger charge is 2.11. The predicted octanol–water partition coefficient (Wildman–Crippen LogP) is 5.32. The van der Waals surface area contributed by atoms with E-state index in [9.17, 15) is 5.26 Å². The summed E-state index contributed by atoms with van der Waals surface area (Å²) in [5, 5.41) is 17.2. The van der Waals surface area contributed by atoms with Crippen molar-refractivity contribution >= 4 is 23.9 Å². The van der Waals surface area contributed by atoms with Crippen LogP contribution >= 0.6 is 12.3 Å². The first-order chi connectivity index (χ1) is 17.7. The van der Waals surface area contributed by atoms with Crippen LogP contribution in [0.1, 0.15) is 16.7 Å². The first-order valence-electron chi connectivity index (χ1n) is 10.3. The Bertz CT molecular complexity index is 1280. The number of benzene rings is 3. The molecular formula is C25H20N4O6S. The third-order valence-electron chi connectivity index (χ3n) is 4.52. The summed E-state index contributed by atoms with van der Waals surface area (Å²) >= 11 is 0.434. The third-order valence-corrected chi connectivity index (χ3v) is 4.78. The largest absolute Gasteiger partial charge is 0.497 e. The van der Waals surface area contributed by atoms with Gasteiger partial charge >= 0.3 is 18.2 Å². The Hall–Kier alpha value is -4.71.